The van der Waals surface area contributed by atoms with Crippen LogP contribution in [-0.4, -0.2) is 57.7 Å². The van der Waals surface area contributed by atoms with Crippen molar-refractivity contribution in [2.75, 3.05) is 26.0 Å². The smallest absolute Gasteiger partial charge is 0.208 e. The molecule has 0 bridgehead atoms. The Morgan fingerprint density at radius 1 is 1.39 bits per heavy atom. The predicted molar refractivity (Wildman–Crippen MR) is 69.8 cm³/mol. The van der Waals surface area contributed by atoms with Crippen molar-refractivity contribution in [3.05, 3.63) is 0 Å². The van der Waals surface area contributed by atoms with Gasteiger partial charge in [0.1, 0.15) is 0 Å². The average molecular weight is 280 g/mol. The predicted octanol–water partition coefficient (Wildman–Crippen LogP) is -0.700. The summed E-state index contributed by atoms with van der Waals surface area (Å²) in [6, 6.07) is -0.143. The third kappa shape index (κ3) is 5.62. The fourth-order valence-electron chi connectivity index (χ4n) is 1.71. The van der Waals surface area contributed by atoms with Gasteiger partial charge in [0.15, 0.2) is 0 Å². The van der Waals surface area contributed by atoms with E-state index in [1.807, 2.05) is 0 Å². The number of hydrogen-bond acceptors (Lipinski definition) is 5. The molecular formula is C11H24N2O4S. The van der Waals surface area contributed by atoms with Crippen molar-refractivity contribution >= 4 is 10.0 Å². The number of rotatable bonds is 5. The molecule has 1 aliphatic rings. The highest BCUT2D eigenvalue weighted by molar-refractivity contribution is 7.88. The van der Waals surface area contributed by atoms with Crippen LogP contribution < -0.4 is 10.0 Å². The topological polar surface area (TPSA) is 87.7 Å². The molecule has 0 aromatic rings. The minimum Gasteiger partial charge on any atom is -0.389 e. The van der Waals surface area contributed by atoms with Gasteiger partial charge in [0, 0.05) is 13.1 Å². The Morgan fingerprint density at radius 2 is 2.00 bits per heavy atom. The van der Waals surface area contributed by atoms with E-state index in [0.29, 0.717) is 6.61 Å². The van der Waals surface area contributed by atoms with Crippen LogP contribution in [0.4, 0.5) is 0 Å². The molecule has 3 N–H and O–H groups in total. The van der Waals surface area contributed by atoms with Crippen molar-refractivity contribution in [1.29, 1.82) is 0 Å². The molecule has 0 aromatic heterocycles. The van der Waals surface area contributed by atoms with Gasteiger partial charge in [0.2, 0.25) is 10.0 Å². The Balaban J connectivity index is 2.39. The summed E-state index contributed by atoms with van der Waals surface area (Å²) in [6.07, 6.45) is -0.0947. The number of ether oxygens (including phenoxy) is 1. The lowest BCUT2D eigenvalue weighted by Crippen LogP contribution is -2.46. The van der Waals surface area contributed by atoms with E-state index in [2.05, 4.69) is 30.8 Å². The van der Waals surface area contributed by atoms with E-state index in [4.69, 9.17) is 4.74 Å². The van der Waals surface area contributed by atoms with Crippen molar-refractivity contribution in [3.8, 4) is 0 Å². The van der Waals surface area contributed by atoms with Crippen LogP contribution in [0.2, 0.25) is 0 Å². The van der Waals surface area contributed by atoms with Gasteiger partial charge in [0.25, 0.3) is 0 Å². The zero-order chi connectivity index (χ0) is 14.0. The minimum atomic E-state index is -3.25. The third-order valence-corrected chi connectivity index (χ3v) is 3.42. The molecule has 0 unspecified atom stereocenters. The van der Waals surface area contributed by atoms with Crippen LogP contribution in [0.15, 0.2) is 0 Å². The molecule has 0 aliphatic carbocycles. The summed E-state index contributed by atoms with van der Waals surface area (Å²) in [5.74, 6) is 0. The fraction of sp³-hybridized carbons (Fsp3) is 1.00. The summed E-state index contributed by atoms with van der Waals surface area (Å²) in [4.78, 5) is 0. The first kappa shape index (κ1) is 15.8. The summed E-state index contributed by atoms with van der Waals surface area (Å²) in [5.41, 5.74) is 0.128. The third-order valence-electron chi connectivity index (χ3n) is 2.72. The van der Waals surface area contributed by atoms with Crippen LogP contribution in [-0.2, 0) is 14.8 Å². The van der Waals surface area contributed by atoms with Crippen molar-refractivity contribution in [2.24, 2.45) is 5.41 Å². The second-order valence-electron chi connectivity index (χ2n) is 6.03. The van der Waals surface area contributed by atoms with E-state index in [1.54, 1.807) is 0 Å². The van der Waals surface area contributed by atoms with Gasteiger partial charge in [0.05, 0.1) is 31.1 Å². The SMILES string of the molecule is CC(C)(C)CN[C@@H]1CO[C@H](CNS(C)(=O)=O)[C@H]1O. The van der Waals surface area contributed by atoms with E-state index in [-0.39, 0.29) is 18.0 Å². The van der Waals surface area contributed by atoms with Crippen LogP contribution >= 0.6 is 0 Å². The first-order chi connectivity index (χ1) is 8.08. The van der Waals surface area contributed by atoms with Crippen molar-refractivity contribution in [1.82, 2.24) is 10.0 Å². The highest BCUT2D eigenvalue weighted by Gasteiger charge is 2.36. The first-order valence-corrected chi connectivity index (χ1v) is 7.95. The van der Waals surface area contributed by atoms with E-state index in [1.165, 1.54) is 0 Å². The van der Waals surface area contributed by atoms with Crippen molar-refractivity contribution in [2.45, 2.75) is 39.0 Å². The van der Waals surface area contributed by atoms with Gasteiger partial charge >= 0.3 is 0 Å². The summed E-state index contributed by atoms with van der Waals surface area (Å²) in [5, 5.41) is 13.3. The molecule has 1 saturated heterocycles. The quantitative estimate of drug-likeness (QED) is 0.620. The van der Waals surface area contributed by atoms with Gasteiger partial charge < -0.3 is 15.2 Å². The molecule has 0 spiro atoms. The van der Waals surface area contributed by atoms with Gasteiger partial charge in [-0.15, -0.1) is 0 Å². The standard InChI is InChI=1S/C11H24N2O4S/c1-11(2,3)7-12-8-6-17-9(10(8)14)5-13-18(4,15)16/h8-10,12-14H,5-7H2,1-4H3/t8-,9-,10+/m1/s1. The molecule has 108 valence electrons. The lowest BCUT2D eigenvalue weighted by Gasteiger charge is -2.24. The Hall–Kier alpha value is -0.210. The number of hydrogen-bond donors (Lipinski definition) is 3. The molecule has 0 saturated carbocycles. The van der Waals surface area contributed by atoms with Gasteiger partial charge in [-0.05, 0) is 5.41 Å². The van der Waals surface area contributed by atoms with E-state index in [9.17, 15) is 13.5 Å². The van der Waals surface area contributed by atoms with Crippen LogP contribution in [0, 0.1) is 5.41 Å². The van der Waals surface area contributed by atoms with Gasteiger partial charge in [-0.1, -0.05) is 20.8 Å². The second kappa shape index (κ2) is 5.83. The highest BCUT2D eigenvalue weighted by Crippen LogP contribution is 2.17. The lowest BCUT2D eigenvalue weighted by molar-refractivity contribution is 0.0442. The fourth-order valence-corrected chi connectivity index (χ4v) is 2.18. The van der Waals surface area contributed by atoms with Crippen LogP contribution in [0.5, 0.6) is 0 Å². The number of aliphatic hydroxyl groups excluding tert-OH is 1. The number of sulfonamides is 1. The Kier molecular flexibility index (Phi) is 5.13. The Bertz CT molecular complexity index is 364. The van der Waals surface area contributed by atoms with Crippen molar-refractivity contribution < 1.29 is 18.3 Å². The summed E-state index contributed by atoms with van der Waals surface area (Å²) in [7, 11) is -3.25. The maximum atomic E-state index is 11.0. The van der Waals surface area contributed by atoms with Gasteiger partial charge in [-0.25, -0.2) is 13.1 Å². The zero-order valence-electron chi connectivity index (χ0n) is 11.4. The average Bonchev–Trinajstić information content (AvgIpc) is 2.51. The largest absolute Gasteiger partial charge is 0.389 e. The molecule has 6 nitrogen and oxygen atoms in total. The van der Waals surface area contributed by atoms with E-state index < -0.39 is 22.2 Å². The maximum absolute atomic E-state index is 11.0. The second-order valence-corrected chi connectivity index (χ2v) is 7.86. The van der Waals surface area contributed by atoms with Gasteiger partial charge in [-0.2, -0.15) is 0 Å². The summed E-state index contributed by atoms with van der Waals surface area (Å²) < 4.78 is 29.7. The normalized spacial score (nSPS) is 29.7. The van der Waals surface area contributed by atoms with Crippen molar-refractivity contribution in [3.63, 3.8) is 0 Å². The first-order valence-electron chi connectivity index (χ1n) is 6.06. The molecule has 1 heterocycles. The molecule has 0 amide bonds. The Morgan fingerprint density at radius 3 is 2.50 bits per heavy atom. The van der Waals surface area contributed by atoms with E-state index >= 15 is 0 Å². The van der Waals surface area contributed by atoms with E-state index in [0.717, 1.165) is 12.8 Å². The molecule has 0 aromatic carbocycles. The Labute approximate surface area is 109 Å². The molecule has 7 heteroatoms. The number of nitrogens with one attached hydrogen (secondary N) is 2. The molecule has 18 heavy (non-hydrogen) atoms. The van der Waals surface area contributed by atoms with Crippen LogP contribution in [0.1, 0.15) is 20.8 Å². The molecule has 1 fully saturated rings. The summed E-state index contributed by atoms with van der Waals surface area (Å²) >= 11 is 0. The summed E-state index contributed by atoms with van der Waals surface area (Å²) in [6.45, 7) is 7.58. The van der Waals surface area contributed by atoms with Crippen LogP contribution in [0.25, 0.3) is 0 Å². The molecule has 1 aliphatic heterocycles. The minimum absolute atomic E-state index is 0.105. The monoisotopic (exact) mass is 280 g/mol. The molecular weight excluding hydrogens is 256 g/mol. The molecule has 0 radical (unpaired) electrons. The highest BCUT2D eigenvalue weighted by atomic mass is 32.2. The van der Waals surface area contributed by atoms with Gasteiger partial charge in [-0.3, -0.25) is 0 Å². The zero-order valence-corrected chi connectivity index (χ0v) is 12.3. The van der Waals surface area contributed by atoms with Crippen LogP contribution in [0.3, 0.4) is 0 Å². The maximum Gasteiger partial charge on any atom is 0.208 e. The molecule has 1 rings (SSSR count). The lowest BCUT2D eigenvalue weighted by atomic mass is 9.96. The molecule has 3 atom stereocenters. The number of aliphatic hydroxyl groups is 1.